The number of nitrogens with zero attached hydrogens (tertiary/aromatic N) is 1. The Bertz CT molecular complexity index is 899. The van der Waals surface area contributed by atoms with Crippen molar-refractivity contribution in [2.45, 2.75) is 39.0 Å². The number of hydrogen-bond donors (Lipinski definition) is 0. The third-order valence-corrected chi connectivity index (χ3v) is 6.06. The first kappa shape index (κ1) is 20.7. The van der Waals surface area contributed by atoms with Crippen LogP contribution in [0.2, 0.25) is 10.0 Å². The molecule has 1 heterocycles. The normalized spacial score (nSPS) is 18.7. The fraction of sp³-hybridized carbons (Fsp3) is 0.364. The van der Waals surface area contributed by atoms with Crippen molar-refractivity contribution in [2.24, 2.45) is 0 Å². The average molecular weight is 420 g/mol. The standard InChI is InChI=1S/C22H23Cl2NO3/c1-14-19(22(27)28-2)17(13-16-9-6-10-18(23)20(16)24)21(26)25(14)12-11-15-7-4-3-5-8-15/h6-7,9-10,13H,3-5,8,11-12H2,1-2H3/b17-13-. The Kier molecular flexibility index (Phi) is 6.63. The second-order valence-electron chi connectivity index (χ2n) is 6.97. The van der Waals surface area contributed by atoms with Crippen LogP contribution in [0.4, 0.5) is 0 Å². The van der Waals surface area contributed by atoms with E-state index in [0.29, 0.717) is 27.9 Å². The lowest BCUT2D eigenvalue weighted by molar-refractivity contribution is -0.136. The zero-order chi connectivity index (χ0) is 20.3. The lowest BCUT2D eigenvalue weighted by Crippen LogP contribution is -2.26. The Hall–Kier alpha value is -2.04. The van der Waals surface area contributed by atoms with E-state index in [1.54, 1.807) is 36.1 Å². The SMILES string of the molecule is COC(=O)C1=C(C)N(CCC2=CCCCC2)C(=O)/C1=C\c1cccc(Cl)c1Cl. The van der Waals surface area contributed by atoms with Crippen LogP contribution in [0.25, 0.3) is 6.08 Å². The number of halogens is 2. The molecule has 0 aromatic heterocycles. The second kappa shape index (κ2) is 8.97. The van der Waals surface area contributed by atoms with E-state index in [9.17, 15) is 9.59 Å². The van der Waals surface area contributed by atoms with E-state index in [2.05, 4.69) is 6.08 Å². The molecule has 1 aromatic rings. The van der Waals surface area contributed by atoms with Crippen molar-refractivity contribution in [1.82, 2.24) is 4.90 Å². The lowest BCUT2D eigenvalue weighted by atomic mass is 9.97. The first-order chi connectivity index (χ1) is 13.4. The van der Waals surface area contributed by atoms with Crippen molar-refractivity contribution >= 4 is 41.2 Å². The van der Waals surface area contributed by atoms with Gasteiger partial charge in [0.2, 0.25) is 0 Å². The van der Waals surface area contributed by atoms with Gasteiger partial charge in [-0.1, -0.05) is 47.0 Å². The topological polar surface area (TPSA) is 46.6 Å². The Morgan fingerprint density at radius 2 is 2.07 bits per heavy atom. The van der Waals surface area contributed by atoms with E-state index in [4.69, 9.17) is 27.9 Å². The van der Waals surface area contributed by atoms with Gasteiger partial charge in [0, 0.05) is 12.2 Å². The highest BCUT2D eigenvalue weighted by Crippen LogP contribution is 2.35. The van der Waals surface area contributed by atoms with Crippen LogP contribution >= 0.6 is 23.2 Å². The molecule has 3 rings (SSSR count). The highest BCUT2D eigenvalue weighted by atomic mass is 35.5. The van der Waals surface area contributed by atoms with Gasteiger partial charge in [-0.25, -0.2) is 4.79 Å². The largest absolute Gasteiger partial charge is 0.465 e. The Labute approximate surface area is 175 Å². The van der Waals surface area contributed by atoms with Crippen LogP contribution in [0.3, 0.4) is 0 Å². The van der Waals surface area contributed by atoms with Gasteiger partial charge in [-0.15, -0.1) is 0 Å². The van der Waals surface area contributed by atoms with Gasteiger partial charge in [0.25, 0.3) is 5.91 Å². The third-order valence-electron chi connectivity index (χ3n) is 5.22. The molecule has 28 heavy (non-hydrogen) atoms. The fourth-order valence-corrected chi connectivity index (χ4v) is 4.03. The van der Waals surface area contributed by atoms with Crippen LogP contribution < -0.4 is 0 Å². The minimum Gasteiger partial charge on any atom is -0.465 e. The summed E-state index contributed by atoms with van der Waals surface area (Å²) in [5.74, 6) is -0.750. The highest BCUT2D eigenvalue weighted by molar-refractivity contribution is 6.43. The summed E-state index contributed by atoms with van der Waals surface area (Å²) in [5, 5.41) is 0.736. The Balaban J connectivity index is 1.94. The van der Waals surface area contributed by atoms with Gasteiger partial charge in [-0.2, -0.15) is 0 Å². The highest BCUT2D eigenvalue weighted by Gasteiger charge is 2.37. The van der Waals surface area contributed by atoms with Gasteiger partial charge in [0.05, 0.1) is 28.3 Å². The number of allylic oxidation sites excluding steroid dienone is 2. The van der Waals surface area contributed by atoms with Crippen molar-refractivity contribution in [2.75, 3.05) is 13.7 Å². The maximum Gasteiger partial charge on any atom is 0.340 e. The molecule has 148 valence electrons. The number of benzene rings is 1. The maximum atomic E-state index is 13.1. The van der Waals surface area contributed by atoms with Crippen LogP contribution in [0.5, 0.6) is 0 Å². The lowest BCUT2D eigenvalue weighted by Gasteiger charge is -2.20. The monoisotopic (exact) mass is 419 g/mol. The van der Waals surface area contributed by atoms with E-state index in [-0.39, 0.29) is 17.1 Å². The van der Waals surface area contributed by atoms with Gasteiger partial charge < -0.3 is 9.64 Å². The summed E-state index contributed by atoms with van der Waals surface area (Å²) in [7, 11) is 1.31. The van der Waals surface area contributed by atoms with Crippen LogP contribution in [0.1, 0.15) is 44.6 Å². The smallest absolute Gasteiger partial charge is 0.340 e. The Morgan fingerprint density at radius 3 is 2.75 bits per heavy atom. The number of esters is 1. The predicted molar refractivity (Wildman–Crippen MR) is 112 cm³/mol. The summed E-state index contributed by atoms with van der Waals surface area (Å²) in [5.41, 5.74) is 3.13. The van der Waals surface area contributed by atoms with Crippen molar-refractivity contribution in [3.05, 3.63) is 62.3 Å². The van der Waals surface area contributed by atoms with E-state index < -0.39 is 5.97 Å². The first-order valence-electron chi connectivity index (χ1n) is 9.39. The predicted octanol–water partition coefficient (Wildman–Crippen LogP) is 5.56. The molecule has 0 bridgehead atoms. The number of rotatable bonds is 5. The summed E-state index contributed by atoms with van der Waals surface area (Å²) in [6, 6.07) is 5.19. The molecule has 0 saturated carbocycles. The molecular weight excluding hydrogens is 397 g/mol. The van der Waals surface area contributed by atoms with E-state index in [1.165, 1.54) is 25.5 Å². The average Bonchev–Trinajstić information content (AvgIpc) is 2.93. The van der Waals surface area contributed by atoms with Gasteiger partial charge in [-0.3, -0.25) is 4.79 Å². The molecule has 0 spiro atoms. The molecule has 0 radical (unpaired) electrons. The molecular formula is C22H23Cl2NO3. The van der Waals surface area contributed by atoms with E-state index in [1.807, 2.05) is 0 Å². The number of ether oxygens (including phenoxy) is 1. The molecule has 1 aliphatic heterocycles. The fourth-order valence-electron chi connectivity index (χ4n) is 3.67. The molecule has 1 amide bonds. The molecule has 0 atom stereocenters. The van der Waals surface area contributed by atoms with Crippen molar-refractivity contribution in [1.29, 1.82) is 0 Å². The number of carbonyl (C=O) groups is 2. The first-order valence-corrected chi connectivity index (χ1v) is 10.1. The van der Waals surface area contributed by atoms with E-state index in [0.717, 1.165) is 19.3 Å². The van der Waals surface area contributed by atoms with Crippen LogP contribution in [0.15, 0.2) is 46.7 Å². The van der Waals surface area contributed by atoms with Gasteiger partial charge in [0.1, 0.15) is 0 Å². The summed E-state index contributed by atoms with van der Waals surface area (Å²) < 4.78 is 4.93. The molecule has 6 heteroatoms. The molecule has 1 aliphatic carbocycles. The van der Waals surface area contributed by atoms with Crippen molar-refractivity contribution in [3.63, 3.8) is 0 Å². The molecule has 0 fully saturated rings. The summed E-state index contributed by atoms with van der Waals surface area (Å²) >= 11 is 12.4. The van der Waals surface area contributed by atoms with Crippen LogP contribution in [0, 0.1) is 0 Å². The quantitative estimate of drug-likeness (QED) is 0.356. The zero-order valence-electron chi connectivity index (χ0n) is 16.1. The number of amides is 1. The summed E-state index contributed by atoms with van der Waals surface area (Å²) in [6.07, 6.45) is 9.30. The maximum absolute atomic E-state index is 13.1. The van der Waals surface area contributed by atoms with Crippen LogP contribution in [-0.2, 0) is 14.3 Å². The number of carbonyl (C=O) groups excluding carboxylic acids is 2. The minimum atomic E-state index is -0.533. The van der Waals surface area contributed by atoms with Gasteiger partial charge in [0.15, 0.2) is 0 Å². The molecule has 2 aliphatic rings. The van der Waals surface area contributed by atoms with Crippen molar-refractivity contribution < 1.29 is 14.3 Å². The minimum absolute atomic E-state index is 0.217. The molecule has 0 saturated heterocycles. The van der Waals surface area contributed by atoms with Gasteiger partial charge >= 0.3 is 5.97 Å². The molecule has 0 unspecified atom stereocenters. The number of methoxy groups -OCH3 is 1. The second-order valence-corrected chi connectivity index (χ2v) is 7.75. The van der Waals surface area contributed by atoms with E-state index >= 15 is 0 Å². The van der Waals surface area contributed by atoms with Gasteiger partial charge in [-0.05, 0) is 56.7 Å². The third kappa shape index (κ3) is 4.18. The molecule has 4 nitrogen and oxygen atoms in total. The zero-order valence-corrected chi connectivity index (χ0v) is 17.6. The molecule has 0 N–H and O–H groups in total. The molecule has 1 aromatic carbocycles. The van der Waals surface area contributed by atoms with Crippen molar-refractivity contribution in [3.8, 4) is 0 Å². The van der Waals surface area contributed by atoms with Crippen LogP contribution in [-0.4, -0.2) is 30.4 Å². The summed E-state index contributed by atoms with van der Waals surface area (Å²) in [4.78, 5) is 27.2. The Morgan fingerprint density at radius 1 is 1.29 bits per heavy atom. The number of hydrogen-bond acceptors (Lipinski definition) is 3. The summed E-state index contributed by atoms with van der Waals surface area (Å²) in [6.45, 7) is 2.32.